The Morgan fingerprint density at radius 3 is 2.81 bits per heavy atom. The van der Waals surface area contributed by atoms with Crippen LogP contribution in [0.25, 0.3) is 11.4 Å². The molecule has 136 valence electrons. The van der Waals surface area contributed by atoms with Crippen LogP contribution in [0.15, 0.2) is 28.8 Å². The highest BCUT2D eigenvalue weighted by atomic mass is 19.1. The Kier molecular flexibility index (Phi) is 5.30. The minimum absolute atomic E-state index is 0.132. The second kappa shape index (κ2) is 7.81. The van der Waals surface area contributed by atoms with Crippen LogP contribution in [-0.2, 0) is 11.3 Å². The van der Waals surface area contributed by atoms with Crippen LogP contribution in [0.5, 0.6) is 0 Å². The number of aromatic nitrogens is 6. The van der Waals surface area contributed by atoms with Crippen LogP contribution in [0.2, 0.25) is 0 Å². The first kappa shape index (κ1) is 17.6. The van der Waals surface area contributed by atoms with E-state index < -0.39 is 0 Å². The maximum atomic E-state index is 12.9. The normalized spacial score (nSPS) is 12.1. The van der Waals surface area contributed by atoms with Crippen LogP contribution >= 0.6 is 0 Å². The summed E-state index contributed by atoms with van der Waals surface area (Å²) in [7, 11) is 0. The number of amides is 1. The lowest BCUT2D eigenvalue weighted by Gasteiger charge is -2.09. The van der Waals surface area contributed by atoms with Gasteiger partial charge in [-0.15, -0.1) is 10.2 Å². The van der Waals surface area contributed by atoms with E-state index in [4.69, 9.17) is 4.52 Å². The van der Waals surface area contributed by atoms with Gasteiger partial charge in [-0.25, -0.2) is 4.39 Å². The number of tetrazole rings is 1. The van der Waals surface area contributed by atoms with Gasteiger partial charge >= 0.3 is 0 Å². The van der Waals surface area contributed by atoms with Crippen molar-refractivity contribution in [2.75, 3.05) is 0 Å². The summed E-state index contributed by atoms with van der Waals surface area (Å²) in [6.07, 6.45) is 0.839. The van der Waals surface area contributed by atoms with Gasteiger partial charge in [-0.1, -0.05) is 5.16 Å². The fourth-order valence-electron chi connectivity index (χ4n) is 2.30. The highest BCUT2D eigenvalue weighted by Gasteiger charge is 2.15. The number of nitrogens with zero attached hydrogens (tertiary/aromatic N) is 6. The predicted octanol–water partition coefficient (Wildman–Crippen LogP) is 1.83. The van der Waals surface area contributed by atoms with Crippen LogP contribution in [0, 0.1) is 12.7 Å². The fourth-order valence-corrected chi connectivity index (χ4v) is 2.30. The third kappa shape index (κ3) is 4.47. The smallest absolute Gasteiger partial charge is 0.248 e. The lowest BCUT2D eigenvalue weighted by atomic mass is 10.2. The largest absolute Gasteiger partial charge is 0.345 e. The van der Waals surface area contributed by atoms with Gasteiger partial charge in [-0.3, -0.25) is 4.79 Å². The monoisotopic (exact) mass is 359 g/mol. The second-order valence-corrected chi connectivity index (χ2v) is 5.79. The number of hydrogen-bond donors (Lipinski definition) is 1. The summed E-state index contributed by atoms with van der Waals surface area (Å²) in [5.74, 6) is 0.854. The number of halogens is 1. The Labute approximate surface area is 148 Å². The van der Waals surface area contributed by atoms with Crippen molar-refractivity contribution in [1.82, 2.24) is 35.7 Å². The topological polar surface area (TPSA) is 112 Å². The van der Waals surface area contributed by atoms with Gasteiger partial charge in [0, 0.05) is 12.0 Å². The first-order chi connectivity index (χ1) is 12.5. The third-order valence-corrected chi connectivity index (χ3v) is 3.61. The third-order valence-electron chi connectivity index (χ3n) is 3.61. The van der Waals surface area contributed by atoms with Gasteiger partial charge in [0.15, 0.2) is 5.82 Å². The van der Waals surface area contributed by atoms with E-state index in [1.807, 2.05) is 0 Å². The summed E-state index contributed by atoms with van der Waals surface area (Å²) in [6, 6.07) is 5.51. The van der Waals surface area contributed by atoms with Crippen molar-refractivity contribution in [3.05, 3.63) is 41.8 Å². The van der Waals surface area contributed by atoms with E-state index in [1.165, 1.54) is 16.9 Å². The SMILES string of the molecule is Cc1noc(C(C)NC(=O)CCCn2nnc(-c3ccc(F)cc3)n2)n1. The molecule has 1 unspecified atom stereocenters. The molecule has 0 saturated carbocycles. The Hall–Kier alpha value is -3.17. The summed E-state index contributed by atoms with van der Waals surface area (Å²) in [4.78, 5) is 17.5. The molecule has 0 spiro atoms. The predicted molar refractivity (Wildman–Crippen MR) is 88.0 cm³/mol. The van der Waals surface area contributed by atoms with Gasteiger partial charge in [-0.2, -0.15) is 9.78 Å². The van der Waals surface area contributed by atoms with E-state index in [0.29, 0.717) is 42.5 Å². The number of carbonyl (C=O) groups is 1. The molecule has 0 aliphatic rings. The summed E-state index contributed by atoms with van der Waals surface area (Å²) < 4.78 is 18.0. The van der Waals surface area contributed by atoms with E-state index in [2.05, 4.69) is 30.9 Å². The minimum atomic E-state index is -0.349. The molecule has 10 heteroatoms. The number of hydrogen-bond acceptors (Lipinski definition) is 7. The number of carbonyl (C=O) groups excluding carboxylic acids is 1. The van der Waals surface area contributed by atoms with Crippen LogP contribution in [-0.4, -0.2) is 36.3 Å². The molecule has 0 bridgehead atoms. The van der Waals surface area contributed by atoms with Crippen LogP contribution in [0.1, 0.15) is 37.5 Å². The van der Waals surface area contributed by atoms with E-state index in [0.717, 1.165) is 0 Å². The maximum absolute atomic E-state index is 12.9. The van der Waals surface area contributed by atoms with E-state index >= 15 is 0 Å². The molecule has 9 nitrogen and oxygen atoms in total. The highest BCUT2D eigenvalue weighted by Crippen LogP contribution is 2.14. The van der Waals surface area contributed by atoms with Crippen molar-refractivity contribution in [3.8, 4) is 11.4 Å². The molecule has 1 atom stereocenters. The molecule has 0 aliphatic carbocycles. The highest BCUT2D eigenvalue weighted by molar-refractivity contribution is 5.76. The zero-order chi connectivity index (χ0) is 18.5. The molecule has 0 radical (unpaired) electrons. The Morgan fingerprint density at radius 1 is 1.35 bits per heavy atom. The summed E-state index contributed by atoms with van der Waals surface area (Å²) >= 11 is 0. The lowest BCUT2D eigenvalue weighted by molar-refractivity contribution is -0.122. The van der Waals surface area contributed by atoms with Gasteiger partial charge in [-0.05, 0) is 49.7 Å². The standard InChI is InChI=1S/C16H18FN7O2/c1-10(16-19-11(2)22-26-16)18-14(25)4-3-9-24-21-15(20-23-24)12-5-7-13(17)8-6-12/h5-8,10H,3-4,9H2,1-2H3,(H,18,25). The second-order valence-electron chi connectivity index (χ2n) is 5.79. The quantitative estimate of drug-likeness (QED) is 0.685. The minimum Gasteiger partial charge on any atom is -0.345 e. The zero-order valence-electron chi connectivity index (χ0n) is 14.4. The summed E-state index contributed by atoms with van der Waals surface area (Å²) in [5, 5.41) is 18.6. The average Bonchev–Trinajstić information content (AvgIpc) is 3.25. The Morgan fingerprint density at radius 2 is 2.12 bits per heavy atom. The summed E-state index contributed by atoms with van der Waals surface area (Å²) in [5.41, 5.74) is 0.680. The van der Waals surface area contributed by atoms with Crippen LogP contribution in [0.4, 0.5) is 4.39 Å². The molecule has 1 amide bonds. The summed E-state index contributed by atoms with van der Waals surface area (Å²) in [6.45, 7) is 3.93. The molecule has 0 aliphatic heterocycles. The molecular weight excluding hydrogens is 341 g/mol. The van der Waals surface area contributed by atoms with Gasteiger partial charge in [0.1, 0.15) is 11.9 Å². The van der Waals surface area contributed by atoms with Crippen LogP contribution in [0.3, 0.4) is 0 Å². The molecule has 1 aromatic carbocycles. The fraction of sp³-hybridized carbons (Fsp3) is 0.375. The molecule has 3 aromatic rings. The van der Waals surface area contributed by atoms with Gasteiger partial charge in [0.25, 0.3) is 0 Å². The number of nitrogens with one attached hydrogen (secondary N) is 1. The first-order valence-electron chi connectivity index (χ1n) is 8.14. The Balaban J connectivity index is 1.46. The van der Waals surface area contributed by atoms with E-state index in [-0.39, 0.29) is 17.8 Å². The molecular formula is C16H18FN7O2. The molecule has 3 rings (SSSR count). The molecule has 2 heterocycles. The number of aryl methyl sites for hydroxylation is 2. The van der Waals surface area contributed by atoms with Crippen molar-refractivity contribution in [2.45, 2.75) is 39.3 Å². The molecule has 2 aromatic heterocycles. The van der Waals surface area contributed by atoms with Crippen LogP contribution < -0.4 is 5.32 Å². The van der Waals surface area contributed by atoms with Gasteiger partial charge in [0.05, 0.1) is 6.54 Å². The maximum Gasteiger partial charge on any atom is 0.248 e. The average molecular weight is 359 g/mol. The lowest BCUT2D eigenvalue weighted by Crippen LogP contribution is -2.27. The molecule has 1 N–H and O–H groups in total. The van der Waals surface area contributed by atoms with Crippen molar-refractivity contribution < 1.29 is 13.7 Å². The number of benzene rings is 1. The zero-order valence-corrected chi connectivity index (χ0v) is 14.4. The van der Waals surface area contributed by atoms with Crippen molar-refractivity contribution in [2.24, 2.45) is 0 Å². The van der Waals surface area contributed by atoms with E-state index in [1.54, 1.807) is 26.0 Å². The van der Waals surface area contributed by atoms with E-state index in [9.17, 15) is 9.18 Å². The van der Waals surface area contributed by atoms with Crippen molar-refractivity contribution >= 4 is 5.91 Å². The molecule has 0 fully saturated rings. The first-order valence-corrected chi connectivity index (χ1v) is 8.14. The van der Waals surface area contributed by atoms with Crippen molar-refractivity contribution in [3.63, 3.8) is 0 Å². The van der Waals surface area contributed by atoms with Gasteiger partial charge < -0.3 is 9.84 Å². The van der Waals surface area contributed by atoms with Gasteiger partial charge in [0.2, 0.25) is 17.6 Å². The Bertz CT molecular complexity index is 875. The molecule has 0 saturated heterocycles. The van der Waals surface area contributed by atoms with Crippen molar-refractivity contribution in [1.29, 1.82) is 0 Å². The molecule has 26 heavy (non-hydrogen) atoms. The number of rotatable bonds is 7.